The first-order valence-corrected chi connectivity index (χ1v) is 10.4. The van der Waals surface area contributed by atoms with Crippen molar-refractivity contribution in [3.63, 3.8) is 0 Å². The minimum atomic E-state index is -3.59. The van der Waals surface area contributed by atoms with Gasteiger partial charge in [0.2, 0.25) is 10.0 Å². The van der Waals surface area contributed by atoms with Gasteiger partial charge in [0.05, 0.1) is 30.3 Å². The van der Waals surface area contributed by atoms with Crippen LogP contribution in [0.5, 0.6) is 0 Å². The molecule has 0 bridgehead atoms. The van der Waals surface area contributed by atoms with Crippen LogP contribution in [0, 0.1) is 0 Å². The maximum absolute atomic E-state index is 12.7. The number of sulfonamides is 1. The van der Waals surface area contributed by atoms with Crippen LogP contribution in [0.4, 0.5) is 0 Å². The summed E-state index contributed by atoms with van der Waals surface area (Å²) in [5, 5.41) is 0. The Morgan fingerprint density at radius 3 is 2.43 bits per heavy atom. The van der Waals surface area contributed by atoms with Crippen molar-refractivity contribution in [3.05, 3.63) is 65.2 Å². The predicted octanol–water partition coefficient (Wildman–Crippen LogP) is 2.21. The first-order valence-electron chi connectivity index (χ1n) is 8.92. The summed E-state index contributed by atoms with van der Waals surface area (Å²) in [6.45, 7) is 1.83. The van der Waals surface area contributed by atoms with Gasteiger partial charge in [0.15, 0.2) is 0 Å². The highest BCUT2D eigenvalue weighted by atomic mass is 32.2. The third-order valence-electron chi connectivity index (χ3n) is 4.35. The van der Waals surface area contributed by atoms with Crippen LogP contribution < -0.4 is 0 Å². The number of ether oxygens (including phenoxy) is 3. The third-order valence-corrected chi connectivity index (χ3v) is 6.24. The van der Waals surface area contributed by atoms with Gasteiger partial charge in [-0.25, -0.2) is 13.2 Å². The summed E-state index contributed by atoms with van der Waals surface area (Å²) < 4.78 is 42.5. The Kier molecular flexibility index (Phi) is 6.79. The lowest BCUT2D eigenvalue weighted by Crippen LogP contribution is -2.40. The average molecular weight is 405 g/mol. The summed E-state index contributed by atoms with van der Waals surface area (Å²) in [6, 6.07) is 13.5. The fourth-order valence-electron chi connectivity index (χ4n) is 2.92. The molecule has 7 nitrogen and oxygen atoms in total. The van der Waals surface area contributed by atoms with Crippen LogP contribution in [0.15, 0.2) is 53.4 Å². The van der Waals surface area contributed by atoms with Gasteiger partial charge >= 0.3 is 5.97 Å². The molecule has 3 rings (SSSR count). The zero-order chi connectivity index (χ0) is 20.0. The van der Waals surface area contributed by atoms with E-state index in [1.807, 2.05) is 6.07 Å². The van der Waals surface area contributed by atoms with Crippen molar-refractivity contribution in [2.45, 2.75) is 18.1 Å². The number of rotatable bonds is 7. The Balaban J connectivity index is 1.68. The van der Waals surface area contributed by atoms with E-state index < -0.39 is 16.0 Å². The van der Waals surface area contributed by atoms with E-state index in [9.17, 15) is 13.2 Å². The molecule has 1 saturated heterocycles. The number of carbonyl (C=O) groups is 1. The largest absolute Gasteiger partial charge is 0.457 e. The van der Waals surface area contributed by atoms with Crippen LogP contribution in [0.25, 0.3) is 0 Å². The van der Waals surface area contributed by atoms with Crippen LogP contribution in [0.3, 0.4) is 0 Å². The fourth-order valence-corrected chi connectivity index (χ4v) is 4.40. The fraction of sp³-hybridized carbons (Fsp3) is 0.350. The third kappa shape index (κ3) is 4.96. The van der Waals surface area contributed by atoms with E-state index in [1.165, 1.54) is 4.31 Å². The molecule has 1 heterocycles. The van der Waals surface area contributed by atoms with Crippen molar-refractivity contribution in [2.75, 3.05) is 33.4 Å². The Labute approximate surface area is 164 Å². The lowest BCUT2D eigenvalue weighted by atomic mass is 10.1. The number of methoxy groups -OCH3 is 1. The average Bonchev–Trinajstić information content (AvgIpc) is 2.73. The van der Waals surface area contributed by atoms with Crippen LogP contribution in [-0.4, -0.2) is 52.1 Å². The molecule has 8 heteroatoms. The number of nitrogens with zero attached hydrogens (tertiary/aromatic N) is 1. The maximum Gasteiger partial charge on any atom is 0.338 e. The van der Waals surface area contributed by atoms with Crippen LogP contribution in [0.1, 0.15) is 21.5 Å². The maximum atomic E-state index is 12.7. The summed E-state index contributed by atoms with van der Waals surface area (Å²) >= 11 is 0. The van der Waals surface area contributed by atoms with Crippen LogP contribution >= 0.6 is 0 Å². The molecule has 1 fully saturated rings. The van der Waals surface area contributed by atoms with E-state index in [0.717, 1.165) is 5.56 Å². The summed E-state index contributed by atoms with van der Waals surface area (Å²) in [4.78, 5) is 12.5. The molecule has 150 valence electrons. The van der Waals surface area contributed by atoms with Crippen LogP contribution in [0.2, 0.25) is 0 Å². The normalized spacial score (nSPS) is 15.3. The molecule has 1 aliphatic heterocycles. The number of hydrogen-bond donors (Lipinski definition) is 0. The van der Waals surface area contributed by atoms with Crippen molar-refractivity contribution in [2.24, 2.45) is 0 Å². The van der Waals surface area contributed by atoms with E-state index in [-0.39, 0.29) is 11.5 Å². The first kappa shape index (κ1) is 20.5. The van der Waals surface area contributed by atoms with Gasteiger partial charge in [0.25, 0.3) is 0 Å². The molecule has 0 spiro atoms. The standard InChI is InChI=1S/C20H23NO6S/c1-25-14-16-4-2-6-18(12-16)20(22)27-15-17-5-3-7-19(13-17)28(23,24)21-8-10-26-11-9-21/h2-7,12-13H,8-11,14-15H2,1H3. The molecule has 0 aromatic heterocycles. The molecule has 28 heavy (non-hydrogen) atoms. The zero-order valence-electron chi connectivity index (χ0n) is 15.7. The quantitative estimate of drug-likeness (QED) is 0.657. The molecule has 1 aliphatic rings. The molecule has 2 aromatic carbocycles. The topological polar surface area (TPSA) is 82.1 Å². The molecular weight excluding hydrogens is 382 g/mol. The van der Waals surface area contributed by atoms with Gasteiger partial charge in [0.1, 0.15) is 6.61 Å². The van der Waals surface area contributed by atoms with Gasteiger partial charge in [-0.3, -0.25) is 0 Å². The monoisotopic (exact) mass is 405 g/mol. The van der Waals surface area contributed by atoms with Crippen molar-refractivity contribution < 1.29 is 27.4 Å². The second kappa shape index (κ2) is 9.29. The second-order valence-electron chi connectivity index (χ2n) is 6.37. The number of hydrogen-bond acceptors (Lipinski definition) is 6. The number of carbonyl (C=O) groups excluding carboxylic acids is 1. The van der Waals surface area contributed by atoms with E-state index in [1.54, 1.807) is 49.6 Å². The van der Waals surface area contributed by atoms with Crippen molar-refractivity contribution in [1.82, 2.24) is 4.31 Å². The molecule has 0 aliphatic carbocycles. The predicted molar refractivity (Wildman–Crippen MR) is 102 cm³/mol. The Morgan fingerprint density at radius 1 is 1.04 bits per heavy atom. The van der Waals surface area contributed by atoms with Crippen molar-refractivity contribution >= 4 is 16.0 Å². The summed E-state index contributed by atoms with van der Waals surface area (Å²) in [6.07, 6.45) is 0. The lowest BCUT2D eigenvalue weighted by Gasteiger charge is -2.26. The van der Waals surface area contributed by atoms with E-state index >= 15 is 0 Å². The molecule has 0 radical (unpaired) electrons. The summed E-state index contributed by atoms with van der Waals surface area (Å²) in [5.41, 5.74) is 1.90. The van der Waals surface area contributed by atoms with E-state index in [0.29, 0.717) is 44.0 Å². The molecular formula is C20H23NO6S. The van der Waals surface area contributed by atoms with Gasteiger partial charge in [0, 0.05) is 20.2 Å². The minimum absolute atomic E-state index is 0.0141. The van der Waals surface area contributed by atoms with Gasteiger partial charge in [-0.15, -0.1) is 0 Å². The lowest BCUT2D eigenvalue weighted by molar-refractivity contribution is 0.0472. The molecule has 0 N–H and O–H groups in total. The highest BCUT2D eigenvalue weighted by molar-refractivity contribution is 7.89. The first-order chi connectivity index (χ1) is 13.5. The van der Waals surface area contributed by atoms with E-state index in [2.05, 4.69) is 0 Å². The molecule has 0 saturated carbocycles. The highest BCUT2D eigenvalue weighted by Gasteiger charge is 2.26. The van der Waals surface area contributed by atoms with Crippen molar-refractivity contribution in [3.8, 4) is 0 Å². The second-order valence-corrected chi connectivity index (χ2v) is 8.31. The molecule has 0 amide bonds. The summed E-state index contributed by atoms with van der Waals surface area (Å²) in [7, 11) is -2.00. The smallest absolute Gasteiger partial charge is 0.338 e. The number of esters is 1. The molecule has 2 aromatic rings. The van der Waals surface area contributed by atoms with Crippen molar-refractivity contribution in [1.29, 1.82) is 0 Å². The Morgan fingerprint density at radius 2 is 1.71 bits per heavy atom. The van der Waals surface area contributed by atoms with Gasteiger partial charge < -0.3 is 14.2 Å². The number of morpholine rings is 1. The molecule has 0 unspecified atom stereocenters. The van der Waals surface area contributed by atoms with Crippen LogP contribution in [-0.2, 0) is 37.4 Å². The SMILES string of the molecule is COCc1cccc(C(=O)OCc2cccc(S(=O)(=O)N3CCOCC3)c2)c1. The van der Waals surface area contributed by atoms with Gasteiger partial charge in [-0.2, -0.15) is 4.31 Å². The Hall–Kier alpha value is -2.26. The minimum Gasteiger partial charge on any atom is -0.457 e. The van der Waals surface area contributed by atoms with Gasteiger partial charge in [-0.05, 0) is 35.4 Å². The van der Waals surface area contributed by atoms with E-state index in [4.69, 9.17) is 14.2 Å². The highest BCUT2D eigenvalue weighted by Crippen LogP contribution is 2.19. The Bertz CT molecular complexity index is 922. The van der Waals surface area contributed by atoms with Gasteiger partial charge in [-0.1, -0.05) is 24.3 Å². The molecule has 0 atom stereocenters. The number of benzene rings is 2. The zero-order valence-corrected chi connectivity index (χ0v) is 16.5. The summed E-state index contributed by atoms with van der Waals surface area (Å²) in [5.74, 6) is -0.473.